The van der Waals surface area contributed by atoms with Crippen LogP contribution in [0.2, 0.25) is 0 Å². The SMILES string of the molecule is CCc1ccc(Cc2ccc(OCOC)cc2O[C@H]2O[C@H](CO)[C@@H](O)[C@H](O)[C@H]2O)cc1. The van der Waals surface area contributed by atoms with Gasteiger partial charge in [0.15, 0.2) is 6.79 Å². The molecule has 31 heavy (non-hydrogen) atoms. The monoisotopic (exact) mass is 434 g/mol. The van der Waals surface area contributed by atoms with Gasteiger partial charge >= 0.3 is 0 Å². The van der Waals surface area contributed by atoms with E-state index in [1.165, 1.54) is 12.7 Å². The second-order valence-corrected chi connectivity index (χ2v) is 7.48. The predicted molar refractivity (Wildman–Crippen MR) is 112 cm³/mol. The van der Waals surface area contributed by atoms with Gasteiger partial charge in [-0.3, -0.25) is 0 Å². The van der Waals surface area contributed by atoms with Gasteiger partial charge in [-0.2, -0.15) is 0 Å². The lowest BCUT2D eigenvalue weighted by Gasteiger charge is -2.39. The molecule has 2 aromatic carbocycles. The normalized spacial score (nSPS) is 25.9. The highest BCUT2D eigenvalue weighted by Gasteiger charge is 2.44. The first-order valence-electron chi connectivity index (χ1n) is 10.3. The molecule has 1 fully saturated rings. The van der Waals surface area contributed by atoms with Crippen molar-refractivity contribution in [2.75, 3.05) is 20.5 Å². The van der Waals surface area contributed by atoms with E-state index in [0.29, 0.717) is 17.9 Å². The van der Waals surface area contributed by atoms with E-state index >= 15 is 0 Å². The van der Waals surface area contributed by atoms with Crippen molar-refractivity contribution in [1.82, 2.24) is 0 Å². The molecule has 0 radical (unpaired) electrons. The third kappa shape index (κ3) is 5.74. The van der Waals surface area contributed by atoms with Crippen LogP contribution in [-0.2, 0) is 22.3 Å². The lowest BCUT2D eigenvalue weighted by atomic mass is 9.99. The van der Waals surface area contributed by atoms with Crippen molar-refractivity contribution in [3.8, 4) is 11.5 Å². The Morgan fingerprint density at radius 1 is 0.935 bits per heavy atom. The molecule has 0 aromatic heterocycles. The van der Waals surface area contributed by atoms with E-state index in [-0.39, 0.29) is 6.79 Å². The molecule has 0 saturated carbocycles. The summed E-state index contributed by atoms with van der Waals surface area (Å²) in [7, 11) is 1.51. The summed E-state index contributed by atoms with van der Waals surface area (Å²) in [5, 5.41) is 39.8. The first-order chi connectivity index (χ1) is 15.0. The van der Waals surface area contributed by atoms with Crippen molar-refractivity contribution in [3.63, 3.8) is 0 Å². The minimum atomic E-state index is -1.52. The molecular formula is C23H30O8. The zero-order valence-corrected chi connectivity index (χ0v) is 17.7. The summed E-state index contributed by atoms with van der Waals surface area (Å²) in [5.74, 6) is 0.879. The summed E-state index contributed by atoms with van der Waals surface area (Å²) in [5.41, 5.74) is 3.12. The average molecular weight is 434 g/mol. The third-order valence-electron chi connectivity index (χ3n) is 5.30. The number of rotatable bonds is 9. The highest BCUT2D eigenvalue weighted by Crippen LogP contribution is 2.31. The molecule has 0 amide bonds. The van der Waals surface area contributed by atoms with Gasteiger partial charge in [-0.15, -0.1) is 0 Å². The van der Waals surface area contributed by atoms with Gasteiger partial charge in [0.2, 0.25) is 6.29 Å². The first kappa shape index (κ1) is 23.5. The Labute approximate surface area is 181 Å². The van der Waals surface area contributed by atoms with E-state index < -0.39 is 37.3 Å². The van der Waals surface area contributed by atoms with Gasteiger partial charge in [-0.25, -0.2) is 0 Å². The Kier molecular flexibility index (Phi) is 8.25. The Morgan fingerprint density at radius 2 is 1.65 bits per heavy atom. The maximum Gasteiger partial charge on any atom is 0.229 e. The first-order valence-corrected chi connectivity index (χ1v) is 10.3. The van der Waals surface area contributed by atoms with Crippen LogP contribution in [0.3, 0.4) is 0 Å². The van der Waals surface area contributed by atoms with E-state index in [0.717, 1.165) is 17.5 Å². The van der Waals surface area contributed by atoms with Crippen molar-refractivity contribution in [3.05, 3.63) is 59.2 Å². The second-order valence-electron chi connectivity index (χ2n) is 7.48. The molecule has 4 N–H and O–H groups in total. The van der Waals surface area contributed by atoms with Crippen molar-refractivity contribution in [2.24, 2.45) is 0 Å². The lowest BCUT2D eigenvalue weighted by molar-refractivity contribution is -0.277. The van der Waals surface area contributed by atoms with Crippen molar-refractivity contribution in [1.29, 1.82) is 0 Å². The smallest absolute Gasteiger partial charge is 0.229 e. The number of hydrogen-bond acceptors (Lipinski definition) is 8. The molecule has 0 unspecified atom stereocenters. The molecule has 8 heteroatoms. The Bertz CT molecular complexity index is 823. The Morgan fingerprint density at radius 3 is 2.29 bits per heavy atom. The molecule has 1 heterocycles. The van der Waals surface area contributed by atoms with E-state index in [4.69, 9.17) is 18.9 Å². The fraction of sp³-hybridized carbons (Fsp3) is 0.478. The number of aliphatic hydroxyl groups is 4. The zero-order chi connectivity index (χ0) is 22.4. The molecule has 1 aliphatic heterocycles. The molecule has 5 atom stereocenters. The van der Waals surface area contributed by atoms with Gasteiger partial charge in [0.1, 0.15) is 35.9 Å². The quantitative estimate of drug-likeness (QED) is 0.432. The lowest BCUT2D eigenvalue weighted by Crippen LogP contribution is -2.60. The van der Waals surface area contributed by atoms with E-state index in [2.05, 4.69) is 19.1 Å². The van der Waals surface area contributed by atoms with Gasteiger partial charge in [0.05, 0.1) is 6.61 Å². The number of aliphatic hydroxyl groups excluding tert-OH is 4. The van der Waals surface area contributed by atoms with Gasteiger partial charge < -0.3 is 39.4 Å². The second kappa shape index (κ2) is 10.9. The van der Waals surface area contributed by atoms with Crippen LogP contribution in [0.5, 0.6) is 11.5 Å². The average Bonchev–Trinajstić information content (AvgIpc) is 2.79. The summed E-state index contributed by atoms with van der Waals surface area (Å²) in [6.07, 6.45) is -5.30. The fourth-order valence-electron chi connectivity index (χ4n) is 3.41. The van der Waals surface area contributed by atoms with Crippen LogP contribution in [0, 0.1) is 0 Å². The maximum absolute atomic E-state index is 10.3. The molecule has 1 saturated heterocycles. The molecular weight excluding hydrogens is 404 g/mol. The number of methoxy groups -OCH3 is 1. The van der Waals surface area contributed by atoms with Crippen molar-refractivity contribution >= 4 is 0 Å². The fourth-order valence-corrected chi connectivity index (χ4v) is 3.41. The Balaban J connectivity index is 1.86. The van der Waals surface area contributed by atoms with Crippen LogP contribution in [0.1, 0.15) is 23.6 Å². The minimum absolute atomic E-state index is 0.0529. The number of hydrogen-bond donors (Lipinski definition) is 4. The topological polar surface area (TPSA) is 118 Å². The van der Waals surface area contributed by atoms with Gasteiger partial charge in [0.25, 0.3) is 0 Å². The van der Waals surface area contributed by atoms with Crippen molar-refractivity contribution in [2.45, 2.75) is 50.5 Å². The molecule has 8 nitrogen and oxygen atoms in total. The summed E-state index contributed by atoms with van der Waals surface area (Å²) in [6, 6.07) is 13.5. The Hall–Kier alpha value is -2.20. The van der Waals surface area contributed by atoms with Crippen LogP contribution < -0.4 is 9.47 Å². The third-order valence-corrected chi connectivity index (χ3v) is 5.30. The van der Waals surface area contributed by atoms with E-state index in [1.54, 1.807) is 12.1 Å². The molecule has 2 aromatic rings. The largest absolute Gasteiger partial charge is 0.467 e. The minimum Gasteiger partial charge on any atom is -0.467 e. The van der Waals surface area contributed by atoms with Crippen LogP contribution >= 0.6 is 0 Å². The summed E-state index contributed by atoms with van der Waals surface area (Å²) < 4.78 is 21.8. The van der Waals surface area contributed by atoms with E-state index in [1.807, 2.05) is 18.2 Å². The summed E-state index contributed by atoms with van der Waals surface area (Å²) >= 11 is 0. The predicted octanol–water partition coefficient (Wildman–Crippen LogP) is 1.00. The van der Waals surface area contributed by atoms with Gasteiger partial charge in [0, 0.05) is 19.6 Å². The van der Waals surface area contributed by atoms with Crippen LogP contribution in [0.25, 0.3) is 0 Å². The molecule has 170 valence electrons. The molecule has 0 spiro atoms. The number of ether oxygens (including phenoxy) is 4. The number of aryl methyl sites for hydroxylation is 1. The summed E-state index contributed by atoms with van der Waals surface area (Å²) in [4.78, 5) is 0. The van der Waals surface area contributed by atoms with Crippen LogP contribution in [0.4, 0.5) is 0 Å². The standard InChI is InChI=1S/C23H30O8/c1-3-14-4-6-15(7-5-14)10-16-8-9-17(29-13-28-2)11-18(16)30-23-22(27)21(26)20(25)19(12-24)31-23/h4-9,11,19-27H,3,10,12-13H2,1-2H3/t19-,20-,21+,22-,23+/m1/s1. The van der Waals surface area contributed by atoms with E-state index in [9.17, 15) is 20.4 Å². The highest BCUT2D eigenvalue weighted by molar-refractivity contribution is 5.43. The van der Waals surface area contributed by atoms with Gasteiger partial charge in [-0.1, -0.05) is 37.3 Å². The van der Waals surface area contributed by atoms with Crippen molar-refractivity contribution < 1.29 is 39.4 Å². The summed E-state index contributed by atoms with van der Waals surface area (Å²) in [6.45, 7) is 1.62. The van der Waals surface area contributed by atoms with Crippen LogP contribution in [0.15, 0.2) is 42.5 Å². The van der Waals surface area contributed by atoms with Crippen LogP contribution in [-0.4, -0.2) is 71.6 Å². The molecule has 3 rings (SSSR count). The number of benzene rings is 2. The van der Waals surface area contributed by atoms with Gasteiger partial charge in [-0.05, 0) is 29.2 Å². The molecule has 1 aliphatic rings. The maximum atomic E-state index is 10.3. The zero-order valence-electron chi connectivity index (χ0n) is 17.7. The highest BCUT2D eigenvalue weighted by atomic mass is 16.7. The molecule has 0 bridgehead atoms. The molecule has 0 aliphatic carbocycles.